The highest BCUT2D eigenvalue weighted by atomic mass is 32.1. The van der Waals surface area contributed by atoms with E-state index < -0.39 is 10.8 Å². The summed E-state index contributed by atoms with van der Waals surface area (Å²) in [5.41, 5.74) is 2.91. The second-order valence-corrected chi connectivity index (χ2v) is 9.98. The van der Waals surface area contributed by atoms with Gasteiger partial charge in [-0.1, -0.05) is 29.0 Å². The number of nitro groups is 1. The van der Waals surface area contributed by atoms with Gasteiger partial charge < -0.3 is 19.5 Å². The minimum atomic E-state index is -0.538. The highest BCUT2D eigenvalue weighted by molar-refractivity contribution is 7.17. The number of nitrogens with zero attached hydrogens (tertiary/aromatic N) is 6. The van der Waals surface area contributed by atoms with Crippen LogP contribution in [-0.4, -0.2) is 68.6 Å². The fraction of sp³-hybridized carbons (Fsp3) is 0.250. The third-order valence-electron chi connectivity index (χ3n) is 5.98. The van der Waals surface area contributed by atoms with Gasteiger partial charge in [0.1, 0.15) is 12.4 Å². The maximum Gasteiger partial charge on any atom is 0.324 e. The summed E-state index contributed by atoms with van der Waals surface area (Å²) in [7, 11) is 0. The lowest BCUT2D eigenvalue weighted by Crippen LogP contribution is -2.13. The number of fused-ring (bicyclic) bond motifs is 1. The Morgan fingerprint density at radius 2 is 1.79 bits per heavy atom. The van der Waals surface area contributed by atoms with E-state index in [1.165, 1.54) is 12.1 Å². The van der Waals surface area contributed by atoms with Crippen molar-refractivity contribution in [2.45, 2.75) is 13.8 Å². The second-order valence-electron chi connectivity index (χ2n) is 8.92. The van der Waals surface area contributed by atoms with E-state index in [1.54, 1.807) is 29.2 Å². The largest absolute Gasteiger partial charge is 0.475 e. The number of ether oxygens (including phenoxy) is 3. The molecule has 0 fully saturated rings. The van der Waals surface area contributed by atoms with Crippen molar-refractivity contribution >= 4 is 39.1 Å². The predicted octanol–water partition coefficient (Wildman–Crippen LogP) is 4.84. The van der Waals surface area contributed by atoms with Crippen molar-refractivity contribution in [2.75, 3.05) is 38.4 Å². The molecule has 5 rings (SSSR count). The number of thiophene rings is 1. The minimum absolute atomic E-state index is 0.133. The molecule has 0 aliphatic heterocycles. The van der Waals surface area contributed by atoms with Crippen LogP contribution in [0, 0.1) is 17.0 Å². The van der Waals surface area contributed by atoms with E-state index in [1.807, 2.05) is 38.1 Å². The number of nitrogens with one attached hydrogen (secondary N) is 1. The SMILES string of the molecule is CCOCCOCCOc1ccc(-c2nc(NC(=O)c3ccc([N+](=O)[O-])s3)c3cnn(-c4ccc(C)cc4)c3n2)cn1. The Labute approximate surface area is 244 Å². The summed E-state index contributed by atoms with van der Waals surface area (Å²) in [6.45, 7) is 6.32. The van der Waals surface area contributed by atoms with Crippen molar-refractivity contribution in [1.29, 1.82) is 0 Å². The summed E-state index contributed by atoms with van der Waals surface area (Å²) in [4.78, 5) is 37.5. The highest BCUT2D eigenvalue weighted by Crippen LogP contribution is 2.29. The summed E-state index contributed by atoms with van der Waals surface area (Å²) in [6.07, 6.45) is 3.14. The molecule has 0 aliphatic rings. The second kappa shape index (κ2) is 13.2. The summed E-state index contributed by atoms with van der Waals surface area (Å²) in [5.74, 6) is 0.374. The van der Waals surface area contributed by atoms with E-state index in [-0.39, 0.29) is 15.7 Å². The number of carbonyl (C=O) groups is 1. The third kappa shape index (κ3) is 6.74. The lowest BCUT2D eigenvalue weighted by Gasteiger charge is -2.10. The molecule has 5 aromatic rings. The van der Waals surface area contributed by atoms with E-state index >= 15 is 0 Å². The molecule has 1 amide bonds. The average Bonchev–Trinajstić information content (AvgIpc) is 3.66. The van der Waals surface area contributed by atoms with Crippen LogP contribution >= 0.6 is 11.3 Å². The van der Waals surface area contributed by atoms with Crippen LogP contribution in [-0.2, 0) is 9.47 Å². The van der Waals surface area contributed by atoms with E-state index in [0.717, 1.165) is 22.6 Å². The van der Waals surface area contributed by atoms with Gasteiger partial charge in [-0.15, -0.1) is 0 Å². The minimum Gasteiger partial charge on any atom is -0.475 e. The van der Waals surface area contributed by atoms with Gasteiger partial charge in [0.25, 0.3) is 5.91 Å². The van der Waals surface area contributed by atoms with E-state index in [2.05, 4.69) is 20.4 Å². The van der Waals surface area contributed by atoms with E-state index in [0.29, 0.717) is 61.3 Å². The standard InChI is InChI=1S/C28H27N7O6S/c1-3-39-12-13-40-14-15-41-23-10-6-19(16-29-23)25-31-26(33-28(36)22-9-11-24(42-22)35(37)38)21-17-30-34(27(21)32-25)20-7-4-18(2)5-8-20/h4-11,16-17H,3,12-15H2,1-2H3,(H,31,32,33,36). The number of anilines is 1. The number of benzene rings is 1. The number of aryl methyl sites for hydroxylation is 1. The molecule has 4 aromatic heterocycles. The zero-order valence-electron chi connectivity index (χ0n) is 22.9. The highest BCUT2D eigenvalue weighted by Gasteiger charge is 2.20. The topological polar surface area (TPSA) is 156 Å². The number of rotatable bonds is 13. The van der Waals surface area contributed by atoms with Crippen LogP contribution in [0.15, 0.2) is 60.9 Å². The molecule has 0 spiro atoms. The fourth-order valence-corrected chi connectivity index (χ4v) is 4.61. The Morgan fingerprint density at radius 3 is 2.50 bits per heavy atom. The number of pyridine rings is 1. The molecule has 216 valence electrons. The molecular formula is C28H27N7O6S. The van der Waals surface area contributed by atoms with Crippen LogP contribution in [0.3, 0.4) is 0 Å². The van der Waals surface area contributed by atoms with Crippen molar-refractivity contribution in [3.63, 3.8) is 0 Å². The molecule has 0 bridgehead atoms. The normalized spacial score (nSPS) is 11.1. The molecule has 14 heteroatoms. The number of amides is 1. The Balaban J connectivity index is 1.42. The summed E-state index contributed by atoms with van der Waals surface area (Å²) < 4.78 is 18.0. The van der Waals surface area contributed by atoms with Gasteiger partial charge >= 0.3 is 5.00 Å². The van der Waals surface area contributed by atoms with Gasteiger partial charge in [0, 0.05) is 30.5 Å². The van der Waals surface area contributed by atoms with Crippen LogP contribution in [0.5, 0.6) is 5.88 Å². The van der Waals surface area contributed by atoms with Crippen LogP contribution in [0.4, 0.5) is 10.8 Å². The van der Waals surface area contributed by atoms with Crippen molar-refractivity contribution in [2.24, 2.45) is 0 Å². The van der Waals surface area contributed by atoms with Crippen molar-refractivity contribution in [1.82, 2.24) is 24.7 Å². The van der Waals surface area contributed by atoms with Gasteiger partial charge in [-0.2, -0.15) is 5.10 Å². The summed E-state index contributed by atoms with van der Waals surface area (Å²) in [5, 5.41) is 18.7. The molecule has 0 saturated carbocycles. The Hall–Kier alpha value is -4.79. The van der Waals surface area contributed by atoms with Crippen molar-refractivity contribution < 1.29 is 23.9 Å². The molecule has 1 aromatic carbocycles. The van der Waals surface area contributed by atoms with Gasteiger partial charge in [-0.05, 0) is 38.1 Å². The Bertz CT molecular complexity index is 1690. The molecule has 13 nitrogen and oxygen atoms in total. The molecule has 0 unspecified atom stereocenters. The third-order valence-corrected chi connectivity index (χ3v) is 7.02. The van der Waals surface area contributed by atoms with Crippen LogP contribution < -0.4 is 10.1 Å². The van der Waals surface area contributed by atoms with E-state index in [4.69, 9.17) is 19.2 Å². The maximum atomic E-state index is 13.0. The zero-order chi connectivity index (χ0) is 29.5. The molecule has 0 atom stereocenters. The average molecular weight is 590 g/mol. The number of carbonyl (C=O) groups excluding carboxylic acids is 1. The van der Waals surface area contributed by atoms with Gasteiger partial charge in [-0.25, -0.2) is 19.6 Å². The van der Waals surface area contributed by atoms with Gasteiger partial charge in [0.15, 0.2) is 11.5 Å². The molecule has 42 heavy (non-hydrogen) atoms. The zero-order valence-corrected chi connectivity index (χ0v) is 23.7. The van der Waals surface area contributed by atoms with Crippen molar-refractivity contribution in [3.8, 4) is 23.0 Å². The first-order chi connectivity index (χ1) is 20.4. The van der Waals surface area contributed by atoms with Gasteiger partial charge in [0.2, 0.25) is 5.88 Å². The first-order valence-corrected chi connectivity index (χ1v) is 13.9. The van der Waals surface area contributed by atoms with Crippen LogP contribution in [0.25, 0.3) is 28.1 Å². The summed E-state index contributed by atoms with van der Waals surface area (Å²) >= 11 is 0.778. The van der Waals surface area contributed by atoms with E-state index in [9.17, 15) is 14.9 Å². The summed E-state index contributed by atoms with van der Waals surface area (Å²) in [6, 6.07) is 13.9. The molecule has 4 heterocycles. The Morgan fingerprint density at radius 1 is 1.00 bits per heavy atom. The van der Waals surface area contributed by atoms with Crippen LogP contribution in [0.2, 0.25) is 0 Å². The van der Waals surface area contributed by atoms with Gasteiger partial charge in [0.05, 0.1) is 46.9 Å². The first-order valence-electron chi connectivity index (χ1n) is 13.1. The molecular weight excluding hydrogens is 562 g/mol. The van der Waals surface area contributed by atoms with Gasteiger partial charge in [-0.3, -0.25) is 14.9 Å². The maximum absolute atomic E-state index is 13.0. The quantitative estimate of drug-likeness (QED) is 0.114. The first kappa shape index (κ1) is 28.7. The Kier molecular flexibility index (Phi) is 9.06. The molecule has 0 aliphatic carbocycles. The lowest BCUT2D eigenvalue weighted by molar-refractivity contribution is -0.380. The number of aromatic nitrogens is 5. The smallest absolute Gasteiger partial charge is 0.324 e. The molecule has 0 radical (unpaired) electrons. The number of hydrogen-bond donors (Lipinski definition) is 1. The molecule has 0 saturated heterocycles. The van der Waals surface area contributed by atoms with Crippen LogP contribution in [0.1, 0.15) is 22.2 Å². The number of hydrogen-bond acceptors (Lipinski definition) is 11. The predicted molar refractivity (Wildman–Crippen MR) is 156 cm³/mol. The lowest BCUT2D eigenvalue weighted by atomic mass is 10.2. The fourth-order valence-electron chi connectivity index (χ4n) is 3.89. The monoisotopic (exact) mass is 589 g/mol. The van der Waals surface area contributed by atoms with Crippen molar-refractivity contribution in [3.05, 3.63) is 81.5 Å². The molecule has 1 N–H and O–H groups in total.